The Morgan fingerprint density at radius 3 is 1.77 bits per heavy atom. The molecule has 0 unspecified atom stereocenters. The topological polar surface area (TPSA) is 25.7 Å². The lowest BCUT2D eigenvalue weighted by Crippen LogP contribution is -2.57. The van der Waals surface area contributed by atoms with Gasteiger partial charge in [0.15, 0.2) is 0 Å². The molecule has 0 atom stereocenters. The molecule has 61 heavy (non-hydrogen) atoms. The summed E-state index contributed by atoms with van der Waals surface area (Å²) in [4.78, 5) is 2.63. The van der Waals surface area contributed by atoms with Crippen LogP contribution >= 0.6 is 0 Å². The maximum absolute atomic E-state index is 6.97. The number of rotatable bonds is 1. The molecule has 2 aliphatic rings. The van der Waals surface area contributed by atoms with Gasteiger partial charge in [-0.25, -0.2) is 0 Å². The van der Waals surface area contributed by atoms with Gasteiger partial charge >= 0.3 is 6.85 Å². The van der Waals surface area contributed by atoms with Crippen molar-refractivity contribution in [3.05, 3.63) is 157 Å². The van der Waals surface area contributed by atoms with Gasteiger partial charge in [-0.15, -0.1) is 0 Å². The highest BCUT2D eigenvalue weighted by Gasteiger charge is 2.46. The lowest BCUT2D eigenvalue weighted by molar-refractivity contribution is 0.569. The minimum Gasteiger partial charge on any atom is -0.456 e. The molecule has 8 aromatic carbocycles. The predicted molar refractivity (Wildman–Crippen MR) is 259 cm³/mol. The molecule has 0 saturated heterocycles. The molecule has 14 rings (SSSR count). The summed E-state index contributed by atoms with van der Waals surface area (Å²) in [6, 6.07) is 55.0. The first-order chi connectivity index (χ1) is 29.6. The minimum atomic E-state index is -0.128. The van der Waals surface area contributed by atoms with E-state index in [1.165, 1.54) is 116 Å². The highest BCUT2D eigenvalue weighted by molar-refractivity contribution is 6.92. The molecule has 0 fully saturated rings. The third-order valence-corrected chi connectivity index (χ3v) is 14.3. The van der Waals surface area contributed by atoms with Crippen LogP contribution in [0.5, 0.6) is 0 Å². The fourth-order valence-corrected chi connectivity index (χ4v) is 11.6. The van der Waals surface area contributed by atoms with Crippen LogP contribution < -0.4 is 15.8 Å². The van der Waals surface area contributed by atoms with E-state index in [1.54, 1.807) is 0 Å². The maximum Gasteiger partial charge on any atom is 0.333 e. The van der Waals surface area contributed by atoms with Crippen molar-refractivity contribution in [3.63, 3.8) is 0 Å². The molecule has 0 amide bonds. The zero-order chi connectivity index (χ0) is 40.8. The van der Waals surface area contributed by atoms with Gasteiger partial charge in [-0.05, 0) is 80.9 Å². The van der Waals surface area contributed by atoms with Crippen molar-refractivity contribution in [2.75, 3.05) is 4.90 Å². The first kappa shape index (κ1) is 33.8. The summed E-state index contributed by atoms with van der Waals surface area (Å²) in [7, 11) is 0. The van der Waals surface area contributed by atoms with E-state index in [9.17, 15) is 0 Å². The normalized spacial score (nSPS) is 14.0. The quantitative estimate of drug-likeness (QED) is 0.155. The molecule has 0 saturated carbocycles. The fourth-order valence-electron chi connectivity index (χ4n) is 11.6. The summed E-state index contributed by atoms with van der Waals surface area (Å²) in [6.07, 6.45) is 0. The van der Waals surface area contributed by atoms with Gasteiger partial charge in [0.1, 0.15) is 11.2 Å². The van der Waals surface area contributed by atoms with E-state index in [0.717, 1.165) is 16.6 Å². The van der Waals surface area contributed by atoms with Crippen LogP contribution in [0, 0.1) is 0 Å². The van der Waals surface area contributed by atoms with Crippen molar-refractivity contribution in [2.24, 2.45) is 0 Å². The Kier molecular flexibility index (Phi) is 6.12. The van der Waals surface area contributed by atoms with Crippen molar-refractivity contribution in [3.8, 4) is 11.1 Å². The van der Waals surface area contributed by atoms with E-state index in [1.807, 2.05) is 0 Å². The lowest BCUT2D eigenvalue weighted by atomic mass is 9.44. The number of benzene rings is 8. The highest BCUT2D eigenvalue weighted by Crippen LogP contribution is 2.52. The van der Waals surface area contributed by atoms with Gasteiger partial charge in [0.05, 0.1) is 16.6 Å². The summed E-state index contributed by atoms with van der Waals surface area (Å²) in [5.74, 6) is 0. The van der Waals surface area contributed by atoms with Gasteiger partial charge in [0.2, 0.25) is 0 Å². The first-order valence-corrected chi connectivity index (χ1v) is 21.7. The SMILES string of the molecule is CC(C)(C)c1cc(N2c3cc4oc5ccccc5c4c4c3B(c3c2cc2c5ccccc5n5c6ccccc6c3c25)n2c3ccccc3c3cccc-4c32)cc(C(C)(C)C)c1. The Balaban J connectivity index is 1.28. The van der Waals surface area contributed by atoms with Gasteiger partial charge in [0.25, 0.3) is 0 Å². The Morgan fingerprint density at radius 2 is 1.05 bits per heavy atom. The highest BCUT2D eigenvalue weighted by atomic mass is 16.3. The van der Waals surface area contributed by atoms with Crippen molar-refractivity contribution in [2.45, 2.75) is 52.4 Å². The molecular weight excluding hydrogens is 741 g/mol. The average Bonchev–Trinajstić information content (AvgIpc) is 4.00. The van der Waals surface area contributed by atoms with E-state index in [0.29, 0.717) is 0 Å². The molecule has 290 valence electrons. The van der Waals surface area contributed by atoms with Gasteiger partial charge < -0.3 is 18.2 Å². The van der Waals surface area contributed by atoms with Gasteiger partial charge in [-0.1, -0.05) is 139 Å². The second-order valence-electron chi connectivity index (χ2n) is 19.7. The fraction of sp³-hybridized carbons (Fsp3) is 0.143. The van der Waals surface area contributed by atoms with Crippen LogP contribution in [0.4, 0.5) is 17.1 Å². The van der Waals surface area contributed by atoms with Gasteiger partial charge in [-0.2, -0.15) is 0 Å². The van der Waals surface area contributed by atoms with Crippen LogP contribution in [0.15, 0.2) is 150 Å². The Labute approximate surface area is 353 Å². The average molecular weight is 784 g/mol. The Morgan fingerprint density at radius 1 is 0.459 bits per heavy atom. The predicted octanol–water partition coefficient (Wildman–Crippen LogP) is 13.9. The largest absolute Gasteiger partial charge is 0.456 e. The van der Waals surface area contributed by atoms with Crippen LogP contribution in [0.3, 0.4) is 0 Å². The first-order valence-electron chi connectivity index (χ1n) is 21.7. The molecule has 6 heterocycles. The van der Waals surface area contributed by atoms with E-state index >= 15 is 0 Å². The summed E-state index contributed by atoms with van der Waals surface area (Å²) < 4.78 is 12.2. The second kappa shape index (κ2) is 11.0. The van der Waals surface area contributed by atoms with E-state index in [-0.39, 0.29) is 17.7 Å². The Hall–Kier alpha value is -6.98. The molecule has 0 aliphatic carbocycles. The third-order valence-electron chi connectivity index (χ3n) is 14.3. The molecule has 2 aliphatic heterocycles. The molecule has 5 heteroatoms. The minimum absolute atomic E-state index is 0.0712. The number of aromatic nitrogens is 2. The van der Waals surface area contributed by atoms with Crippen molar-refractivity contribution < 1.29 is 4.42 Å². The molecule has 4 aromatic heterocycles. The maximum atomic E-state index is 6.97. The number of furan rings is 1. The van der Waals surface area contributed by atoms with Crippen LogP contribution in [0.1, 0.15) is 52.7 Å². The molecule has 12 aromatic rings. The molecule has 0 spiro atoms. The molecule has 0 radical (unpaired) electrons. The third kappa shape index (κ3) is 4.12. The number of nitrogens with zero attached hydrogens (tertiary/aromatic N) is 3. The number of para-hydroxylation sites is 5. The molecule has 0 N–H and O–H groups in total. The zero-order valence-electron chi connectivity index (χ0n) is 35.2. The smallest absolute Gasteiger partial charge is 0.333 e. The summed E-state index contributed by atoms with van der Waals surface area (Å²) >= 11 is 0. The zero-order valence-corrected chi connectivity index (χ0v) is 35.2. The van der Waals surface area contributed by atoms with Crippen molar-refractivity contribution in [1.29, 1.82) is 0 Å². The molecule has 4 nitrogen and oxygen atoms in total. The Bertz CT molecular complexity index is 3890. The van der Waals surface area contributed by atoms with Crippen LogP contribution in [-0.4, -0.2) is 15.7 Å². The van der Waals surface area contributed by atoms with Gasteiger partial charge in [-0.3, -0.25) is 0 Å². The standard InChI is InChI=1S/C56H42BN3O/c1-55(2,3)31-26-32(56(4,5)6)28-33(27-31)58-44-29-40-35-17-7-11-22-41(35)59-42-23-12-9-18-37(42)50(54(40)59)52(44)57-51-45(58)30-47-48(38-19-10-14-25-46(38)61-47)49(51)39-21-15-20-36-34-16-8-13-24-43(34)60(57)53(36)39/h7-30H,1-6H3. The van der Waals surface area contributed by atoms with E-state index < -0.39 is 0 Å². The van der Waals surface area contributed by atoms with Crippen molar-refractivity contribution >= 4 is 117 Å². The number of anilines is 3. The van der Waals surface area contributed by atoms with Crippen LogP contribution in [-0.2, 0) is 10.8 Å². The van der Waals surface area contributed by atoms with E-state index in [4.69, 9.17) is 4.42 Å². The van der Waals surface area contributed by atoms with E-state index in [2.05, 4.69) is 201 Å². The second-order valence-corrected chi connectivity index (χ2v) is 19.7. The van der Waals surface area contributed by atoms with Gasteiger partial charge in [0, 0.05) is 82.8 Å². The van der Waals surface area contributed by atoms with Crippen LogP contribution in [0.25, 0.3) is 93.0 Å². The van der Waals surface area contributed by atoms with Crippen molar-refractivity contribution in [1.82, 2.24) is 8.88 Å². The number of hydrogen-bond donors (Lipinski definition) is 0. The summed E-state index contributed by atoms with van der Waals surface area (Å²) in [6.45, 7) is 13.9. The lowest BCUT2D eigenvalue weighted by Gasteiger charge is -2.41. The number of fused-ring (bicyclic) bond motifs is 18. The monoisotopic (exact) mass is 783 g/mol. The molecular formula is C56H42BN3O. The number of hydrogen-bond acceptors (Lipinski definition) is 2. The molecule has 0 bridgehead atoms. The van der Waals surface area contributed by atoms with Crippen LogP contribution in [0.2, 0.25) is 0 Å². The summed E-state index contributed by atoms with van der Waals surface area (Å²) in [5, 5.41) is 10.1. The summed E-state index contributed by atoms with van der Waals surface area (Å²) in [5.41, 5.74) is 19.5.